The fraction of sp³-hybridized carbons (Fsp3) is 0.158. The van der Waals surface area contributed by atoms with Crippen LogP contribution >= 0.6 is 55.8 Å². The van der Waals surface area contributed by atoms with Crippen molar-refractivity contribution in [1.82, 2.24) is 0 Å². The van der Waals surface area contributed by atoms with Gasteiger partial charge in [-0.05, 0) is 86.8 Å². The Bertz CT molecular complexity index is 906. The minimum absolute atomic E-state index is 0.142. The van der Waals surface area contributed by atoms with Crippen molar-refractivity contribution in [2.75, 3.05) is 18.6 Å². The molecular weight excluding hydrogens is 514 g/mol. The molecule has 140 valence electrons. The normalized spacial score (nSPS) is 15.6. The number of ether oxygens (including phenoxy) is 2. The second-order valence-corrected chi connectivity index (χ2v) is 8.85. The number of carbonyl (C=O) groups is 1. The Morgan fingerprint density at radius 2 is 1.81 bits per heavy atom. The molecule has 8 heteroatoms. The maximum Gasteiger partial charge on any atom is 0.270 e. The molecule has 0 aromatic heterocycles. The van der Waals surface area contributed by atoms with E-state index in [9.17, 15) is 4.79 Å². The van der Waals surface area contributed by atoms with Crippen LogP contribution in [0.25, 0.3) is 6.08 Å². The number of carbonyl (C=O) groups excluding carboxylic acids is 1. The maximum atomic E-state index is 12.9. The minimum atomic E-state index is -0.142. The third-order valence-electron chi connectivity index (χ3n) is 3.73. The Balaban J connectivity index is 1.90. The summed E-state index contributed by atoms with van der Waals surface area (Å²) in [6.07, 6.45) is 1.83. The second kappa shape index (κ2) is 8.77. The first-order chi connectivity index (χ1) is 12.9. The van der Waals surface area contributed by atoms with Gasteiger partial charge in [-0.3, -0.25) is 9.69 Å². The van der Waals surface area contributed by atoms with E-state index in [4.69, 9.17) is 21.7 Å². The highest BCUT2D eigenvalue weighted by atomic mass is 79.9. The SMILES string of the molecule is CCOc1c(Br)cc(/C=C2/SC(=S)N(c3ccc(OC)cc3)C2=O)cc1Br. The molecule has 0 atom stereocenters. The van der Waals surface area contributed by atoms with Crippen molar-refractivity contribution < 1.29 is 14.3 Å². The predicted molar refractivity (Wildman–Crippen MR) is 122 cm³/mol. The zero-order valence-electron chi connectivity index (χ0n) is 14.5. The number of benzene rings is 2. The Hall–Kier alpha value is -1.35. The highest BCUT2D eigenvalue weighted by Gasteiger charge is 2.33. The predicted octanol–water partition coefficient (Wildman–Crippen LogP) is 6.02. The van der Waals surface area contributed by atoms with E-state index in [2.05, 4.69) is 31.9 Å². The van der Waals surface area contributed by atoms with Gasteiger partial charge in [0.25, 0.3) is 5.91 Å². The lowest BCUT2D eigenvalue weighted by molar-refractivity contribution is -0.113. The van der Waals surface area contributed by atoms with Gasteiger partial charge in [0.2, 0.25) is 0 Å². The Kier molecular flexibility index (Phi) is 6.62. The molecule has 0 unspecified atom stereocenters. The third-order valence-corrected chi connectivity index (χ3v) is 6.21. The van der Waals surface area contributed by atoms with Gasteiger partial charge in [0.05, 0.1) is 33.3 Å². The van der Waals surface area contributed by atoms with Crippen molar-refractivity contribution in [1.29, 1.82) is 0 Å². The average molecular weight is 529 g/mol. The molecule has 0 bridgehead atoms. The van der Waals surface area contributed by atoms with E-state index in [1.165, 1.54) is 16.7 Å². The molecule has 2 aromatic carbocycles. The first-order valence-electron chi connectivity index (χ1n) is 7.98. The van der Waals surface area contributed by atoms with Gasteiger partial charge in [0.15, 0.2) is 4.32 Å². The van der Waals surface area contributed by atoms with Gasteiger partial charge in [-0.15, -0.1) is 0 Å². The molecule has 0 aliphatic carbocycles. The van der Waals surface area contributed by atoms with E-state index in [0.29, 0.717) is 15.8 Å². The lowest BCUT2D eigenvalue weighted by Crippen LogP contribution is -2.27. The van der Waals surface area contributed by atoms with Gasteiger partial charge in [-0.1, -0.05) is 24.0 Å². The summed E-state index contributed by atoms with van der Waals surface area (Å²) in [6.45, 7) is 2.49. The molecule has 4 nitrogen and oxygen atoms in total. The number of rotatable bonds is 5. The van der Waals surface area contributed by atoms with Gasteiger partial charge in [0, 0.05) is 0 Å². The first kappa shape index (κ1) is 20.4. The summed E-state index contributed by atoms with van der Waals surface area (Å²) in [7, 11) is 1.60. The molecule has 0 spiro atoms. The molecule has 1 amide bonds. The minimum Gasteiger partial charge on any atom is -0.497 e. The number of amides is 1. The molecule has 27 heavy (non-hydrogen) atoms. The van der Waals surface area contributed by atoms with Gasteiger partial charge in [-0.25, -0.2) is 0 Å². The maximum absolute atomic E-state index is 12.9. The molecule has 1 aliphatic rings. The van der Waals surface area contributed by atoms with E-state index < -0.39 is 0 Å². The number of methoxy groups -OCH3 is 1. The highest BCUT2D eigenvalue weighted by Crippen LogP contribution is 2.39. The lowest BCUT2D eigenvalue weighted by Gasteiger charge is -2.14. The van der Waals surface area contributed by atoms with Crippen LogP contribution in [0.1, 0.15) is 12.5 Å². The summed E-state index contributed by atoms with van der Waals surface area (Å²) in [5, 5.41) is 0. The van der Waals surface area contributed by atoms with Crippen LogP contribution in [0.3, 0.4) is 0 Å². The summed E-state index contributed by atoms with van der Waals surface area (Å²) in [5.74, 6) is 1.32. The van der Waals surface area contributed by atoms with E-state index >= 15 is 0 Å². The molecule has 2 aromatic rings. The Labute approximate surface area is 184 Å². The number of thioether (sulfide) groups is 1. The van der Waals surface area contributed by atoms with Crippen LogP contribution in [0.5, 0.6) is 11.5 Å². The summed E-state index contributed by atoms with van der Waals surface area (Å²) in [5.41, 5.74) is 1.59. The summed E-state index contributed by atoms with van der Waals surface area (Å²) in [6, 6.07) is 11.1. The van der Waals surface area contributed by atoms with Crippen LogP contribution in [0.15, 0.2) is 50.2 Å². The molecule has 1 saturated heterocycles. The summed E-state index contributed by atoms with van der Waals surface area (Å²) in [4.78, 5) is 15.0. The highest BCUT2D eigenvalue weighted by molar-refractivity contribution is 9.11. The van der Waals surface area contributed by atoms with Crippen LogP contribution < -0.4 is 14.4 Å². The molecule has 3 rings (SSSR count). The fourth-order valence-electron chi connectivity index (χ4n) is 2.52. The van der Waals surface area contributed by atoms with Crippen LogP contribution in [-0.4, -0.2) is 23.9 Å². The Morgan fingerprint density at radius 1 is 1.19 bits per heavy atom. The monoisotopic (exact) mass is 527 g/mol. The number of hydrogen-bond donors (Lipinski definition) is 0. The second-order valence-electron chi connectivity index (χ2n) is 5.46. The van der Waals surface area contributed by atoms with Crippen LogP contribution in [0, 0.1) is 0 Å². The Morgan fingerprint density at radius 3 is 2.37 bits per heavy atom. The quantitative estimate of drug-likeness (QED) is 0.350. The topological polar surface area (TPSA) is 38.8 Å². The number of halogens is 2. The first-order valence-corrected chi connectivity index (χ1v) is 10.8. The van der Waals surface area contributed by atoms with Crippen LogP contribution in [0.2, 0.25) is 0 Å². The van der Waals surface area contributed by atoms with Gasteiger partial charge >= 0.3 is 0 Å². The zero-order chi connectivity index (χ0) is 19.6. The van der Waals surface area contributed by atoms with Crippen molar-refractivity contribution in [3.05, 3.63) is 55.8 Å². The largest absolute Gasteiger partial charge is 0.497 e. The van der Waals surface area contributed by atoms with Gasteiger partial charge < -0.3 is 9.47 Å². The fourth-order valence-corrected chi connectivity index (χ4v) is 5.27. The zero-order valence-corrected chi connectivity index (χ0v) is 19.3. The van der Waals surface area contributed by atoms with Crippen molar-refractivity contribution >= 4 is 77.8 Å². The molecule has 1 aliphatic heterocycles. The smallest absolute Gasteiger partial charge is 0.270 e. The molecule has 0 N–H and O–H groups in total. The standard InChI is InChI=1S/C19H15Br2NO3S2/c1-3-25-17-14(20)8-11(9-15(17)21)10-16-18(23)22(19(26)27-16)12-4-6-13(24-2)7-5-12/h4-10H,3H2,1-2H3/b16-10+. The van der Waals surface area contributed by atoms with Crippen molar-refractivity contribution in [2.45, 2.75) is 6.92 Å². The molecule has 0 radical (unpaired) electrons. The lowest BCUT2D eigenvalue weighted by atomic mass is 10.2. The van der Waals surface area contributed by atoms with E-state index in [1.54, 1.807) is 19.2 Å². The van der Waals surface area contributed by atoms with Gasteiger partial charge in [0.1, 0.15) is 11.5 Å². The number of thiocarbonyl (C=S) groups is 1. The van der Waals surface area contributed by atoms with E-state index in [-0.39, 0.29) is 5.91 Å². The van der Waals surface area contributed by atoms with Crippen molar-refractivity contribution in [3.8, 4) is 11.5 Å². The van der Waals surface area contributed by atoms with E-state index in [0.717, 1.165) is 31.7 Å². The average Bonchev–Trinajstić information content (AvgIpc) is 2.92. The molecular formula is C19H15Br2NO3S2. The number of nitrogens with zero attached hydrogens (tertiary/aromatic N) is 1. The van der Waals surface area contributed by atoms with Crippen molar-refractivity contribution in [2.24, 2.45) is 0 Å². The van der Waals surface area contributed by atoms with Crippen LogP contribution in [-0.2, 0) is 4.79 Å². The van der Waals surface area contributed by atoms with E-state index in [1.807, 2.05) is 37.3 Å². The molecule has 1 heterocycles. The molecule has 0 saturated carbocycles. The summed E-state index contributed by atoms with van der Waals surface area (Å²) >= 11 is 13.7. The van der Waals surface area contributed by atoms with Crippen LogP contribution in [0.4, 0.5) is 5.69 Å². The summed E-state index contributed by atoms with van der Waals surface area (Å²) < 4.78 is 12.9. The number of anilines is 1. The number of hydrogen-bond acceptors (Lipinski definition) is 5. The molecule has 1 fully saturated rings. The van der Waals surface area contributed by atoms with Gasteiger partial charge in [-0.2, -0.15) is 0 Å². The third kappa shape index (κ3) is 4.39. The van der Waals surface area contributed by atoms with Crippen molar-refractivity contribution in [3.63, 3.8) is 0 Å².